The summed E-state index contributed by atoms with van der Waals surface area (Å²) in [5, 5.41) is 9.44. The van der Waals surface area contributed by atoms with E-state index < -0.39 is 0 Å². The Bertz CT molecular complexity index is 194. The zero-order valence-corrected chi connectivity index (χ0v) is 9.20. The Labute approximate surface area is 86.1 Å². The predicted octanol–water partition coefficient (Wildman–Crippen LogP) is 1.06. The predicted molar refractivity (Wildman–Crippen MR) is 56.1 cm³/mol. The number of nitrogens with zero attached hydrogens (tertiary/aromatic N) is 1. The Hall–Kier alpha value is -0.410. The van der Waals surface area contributed by atoms with Crippen molar-refractivity contribution >= 4 is 5.78 Å². The van der Waals surface area contributed by atoms with Gasteiger partial charge in [0, 0.05) is 12.5 Å². The minimum absolute atomic E-state index is 0.161. The first-order chi connectivity index (χ1) is 6.63. The van der Waals surface area contributed by atoms with Crippen molar-refractivity contribution in [3.05, 3.63) is 0 Å². The molecule has 0 aliphatic carbocycles. The molecule has 0 spiro atoms. The van der Waals surface area contributed by atoms with Crippen molar-refractivity contribution in [1.82, 2.24) is 4.90 Å². The maximum Gasteiger partial charge on any atom is 0.149 e. The molecule has 1 fully saturated rings. The second-order valence-corrected chi connectivity index (χ2v) is 4.31. The van der Waals surface area contributed by atoms with E-state index >= 15 is 0 Å². The summed E-state index contributed by atoms with van der Waals surface area (Å²) in [5.41, 5.74) is 0. The largest absolute Gasteiger partial charge is 0.392 e. The lowest BCUT2D eigenvalue weighted by Gasteiger charge is -2.29. The van der Waals surface area contributed by atoms with Gasteiger partial charge in [0.2, 0.25) is 0 Å². The zero-order chi connectivity index (χ0) is 10.6. The molecule has 0 amide bonds. The normalized spacial score (nSPS) is 26.1. The smallest absolute Gasteiger partial charge is 0.149 e. The molecule has 1 N–H and O–H groups in total. The second-order valence-electron chi connectivity index (χ2n) is 4.31. The highest BCUT2D eigenvalue weighted by molar-refractivity contribution is 5.82. The summed E-state index contributed by atoms with van der Waals surface area (Å²) in [5.74, 6) is 0.468. The number of rotatable bonds is 4. The third-order valence-electron chi connectivity index (χ3n) is 3.02. The molecule has 2 atom stereocenters. The molecule has 1 saturated heterocycles. The number of carbonyl (C=O) groups is 1. The van der Waals surface area contributed by atoms with E-state index in [1.807, 2.05) is 13.8 Å². The minimum atomic E-state index is -0.228. The molecule has 3 heteroatoms. The quantitative estimate of drug-likeness (QED) is 0.736. The summed E-state index contributed by atoms with van der Waals surface area (Å²) < 4.78 is 0. The first-order valence-electron chi connectivity index (χ1n) is 5.56. The summed E-state index contributed by atoms with van der Waals surface area (Å²) in [7, 11) is 0. The van der Waals surface area contributed by atoms with E-state index in [0.717, 1.165) is 25.8 Å². The van der Waals surface area contributed by atoms with Gasteiger partial charge in [0.1, 0.15) is 5.78 Å². The van der Waals surface area contributed by atoms with Crippen molar-refractivity contribution in [2.75, 3.05) is 19.6 Å². The average Bonchev–Trinajstić information content (AvgIpc) is 2.16. The first kappa shape index (κ1) is 11.7. The van der Waals surface area contributed by atoms with Gasteiger partial charge in [-0.3, -0.25) is 9.69 Å². The molecule has 0 radical (unpaired) electrons. The monoisotopic (exact) mass is 199 g/mol. The van der Waals surface area contributed by atoms with Gasteiger partial charge in [-0.05, 0) is 25.8 Å². The standard InChI is InChI=1S/C11H21NO2/c1-3-9(2)11(14)8-12-6-4-5-10(13)7-12/h9-10,13H,3-8H2,1-2H3. The van der Waals surface area contributed by atoms with Crippen LogP contribution in [-0.2, 0) is 4.79 Å². The van der Waals surface area contributed by atoms with Gasteiger partial charge in [0.15, 0.2) is 0 Å². The molecule has 82 valence electrons. The second kappa shape index (κ2) is 5.47. The molecule has 0 aromatic carbocycles. The fraction of sp³-hybridized carbons (Fsp3) is 0.909. The number of Topliss-reactive ketones (excluding diaryl/α,β-unsaturated/α-hetero) is 1. The first-order valence-corrected chi connectivity index (χ1v) is 5.56. The van der Waals surface area contributed by atoms with E-state index in [2.05, 4.69) is 4.90 Å². The SMILES string of the molecule is CCC(C)C(=O)CN1CCCC(O)C1. The topological polar surface area (TPSA) is 40.5 Å². The molecule has 0 aromatic heterocycles. The number of hydrogen-bond acceptors (Lipinski definition) is 3. The average molecular weight is 199 g/mol. The van der Waals surface area contributed by atoms with Crippen LogP contribution in [0.1, 0.15) is 33.1 Å². The lowest BCUT2D eigenvalue weighted by Crippen LogP contribution is -2.42. The van der Waals surface area contributed by atoms with Crippen molar-refractivity contribution in [3.8, 4) is 0 Å². The number of likely N-dealkylation sites (tertiary alicyclic amines) is 1. The third kappa shape index (κ3) is 3.39. The molecule has 0 aromatic rings. The van der Waals surface area contributed by atoms with Gasteiger partial charge in [-0.25, -0.2) is 0 Å². The molecular weight excluding hydrogens is 178 g/mol. The van der Waals surface area contributed by atoms with E-state index in [1.54, 1.807) is 0 Å². The van der Waals surface area contributed by atoms with E-state index in [4.69, 9.17) is 0 Å². The van der Waals surface area contributed by atoms with Crippen LogP contribution in [0.15, 0.2) is 0 Å². The molecule has 1 heterocycles. The third-order valence-corrected chi connectivity index (χ3v) is 3.02. The maximum absolute atomic E-state index is 11.6. The van der Waals surface area contributed by atoms with Crippen LogP contribution in [0.4, 0.5) is 0 Å². The summed E-state index contributed by atoms with van der Waals surface area (Å²) in [6, 6.07) is 0. The molecular formula is C11H21NO2. The molecule has 0 bridgehead atoms. The van der Waals surface area contributed by atoms with Crippen LogP contribution in [0.25, 0.3) is 0 Å². The molecule has 14 heavy (non-hydrogen) atoms. The van der Waals surface area contributed by atoms with Crippen molar-refractivity contribution in [2.45, 2.75) is 39.2 Å². The Morgan fingerprint density at radius 3 is 2.93 bits per heavy atom. The number of hydrogen-bond donors (Lipinski definition) is 1. The Balaban J connectivity index is 2.32. The fourth-order valence-corrected chi connectivity index (χ4v) is 1.78. The van der Waals surface area contributed by atoms with Gasteiger partial charge in [0.25, 0.3) is 0 Å². The van der Waals surface area contributed by atoms with Gasteiger partial charge in [0.05, 0.1) is 12.6 Å². The van der Waals surface area contributed by atoms with Crippen LogP contribution in [0, 0.1) is 5.92 Å². The van der Waals surface area contributed by atoms with Crippen LogP contribution in [0.2, 0.25) is 0 Å². The Kier molecular flexibility index (Phi) is 4.55. The molecule has 2 unspecified atom stereocenters. The highest BCUT2D eigenvalue weighted by Crippen LogP contribution is 2.11. The van der Waals surface area contributed by atoms with Crippen LogP contribution < -0.4 is 0 Å². The van der Waals surface area contributed by atoms with Gasteiger partial charge < -0.3 is 5.11 Å². The van der Waals surface area contributed by atoms with Crippen molar-refractivity contribution in [3.63, 3.8) is 0 Å². The van der Waals surface area contributed by atoms with Gasteiger partial charge >= 0.3 is 0 Å². The van der Waals surface area contributed by atoms with Crippen molar-refractivity contribution < 1.29 is 9.90 Å². The van der Waals surface area contributed by atoms with E-state index in [-0.39, 0.29) is 12.0 Å². The molecule has 1 rings (SSSR count). The molecule has 3 nitrogen and oxygen atoms in total. The Morgan fingerprint density at radius 1 is 1.64 bits per heavy atom. The number of aliphatic hydroxyl groups excluding tert-OH is 1. The maximum atomic E-state index is 11.6. The molecule has 0 saturated carbocycles. The van der Waals surface area contributed by atoms with Crippen LogP contribution in [0.3, 0.4) is 0 Å². The lowest BCUT2D eigenvalue weighted by atomic mass is 10.0. The van der Waals surface area contributed by atoms with Crippen molar-refractivity contribution in [2.24, 2.45) is 5.92 Å². The van der Waals surface area contributed by atoms with Gasteiger partial charge in [-0.15, -0.1) is 0 Å². The summed E-state index contributed by atoms with van der Waals surface area (Å²) >= 11 is 0. The number of carbonyl (C=O) groups excluding carboxylic acids is 1. The van der Waals surface area contributed by atoms with Crippen LogP contribution in [0.5, 0.6) is 0 Å². The van der Waals surface area contributed by atoms with Crippen molar-refractivity contribution in [1.29, 1.82) is 0 Å². The summed E-state index contributed by atoms with van der Waals surface area (Å²) in [4.78, 5) is 13.7. The number of ketones is 1. The molecule has 1 aliphatic heterocycles. The number of aliphatic hydroxyl groups is 1. The summed E-state index contributed by atoms with van der Waals surface area (Å²) in [6.07, 6.45) is 2.58. The van der Waals surface area contributed by atoms with E-state index in [9.17, 15) is 9.90 Å². The lowest BCUT2D eigenvalue weighted by molar-refractivity contribution is -0.124. The summed E-state index contributed by atoms with van der Waals surface area (Å²) in [6.45, 7) is 6.16. The minimum Gasteiger partial charge on any atom is -0.392 e. The number of β-amino-alcohol motifs (C(OH)–C–C–N with tert-alkyl or cyclic N) is 1. The van der Waals surface area contributed by atoms with E-state index in [0.29, 0.717) is 18.9 Å². The van der Waals surface area contributed by atoms with Crippen LogP contribution in [-0.4, -0.2) is 41.5 Å². The zero-order valence-electron chi connectivity index (χ0n) is 9.20. The van der Waals surface area contributed by atoms with Gasteiger partial charge in [-0.1, -0.05) is 13.8 Å². The molecule has 1 aliphatic rings. The highest BCUT2D eigenvalue weighted by Gasteiger charge is 2.21. The van der Waals surface area contributed by atoms with Crippen LogP contribution >= 0.6 is 0 Å². The Morgan fingerprint density at radius 2 is 2.36 bits per heavy atom. The van der Waals surface area contributed by atoms with E-state index in [1.165, 1.54) is 0 Å². The number of piperidine rings is 1. The van der Waals surface area contributed by atoms with Gasteiger partial charge in [-0.2, -0.15) is 0 Å². The fourth-order valence-electron chi connectivity index (χ4n) is 1.78. The highest BCUT2D eigenvalue weighted by atomic mass is 16.3.